The molecule has 0 unspecified atom stereocenters. The minimum atomic E-state index is 0.315. The number of aryl methyl sites for hydroxylation is 1. The maximum atomic E-state index is 5.37. The summed E-state index contributed by atoms with van der Waals surface area (Å²) in [5, 5.41) is 4.74. The third-order valence-electron chi connectivity index (χ3n) is 4.43. The van der Waals surface area contributed by atoms with Gasteiger partial charge in [-0.05, 0) is 37.5 Å². The fourth-order valence-corrected chi connectivity index (χ4v) is 3.07. The number of benzene rings is 1. The monoisotopic (exact) mass is 270 g/mol. The van der Waals surface area contributed by atoms with E-state index in [1.54, 1.807) is 7.11 Å². The Balaban J connectivity index is 1.77. The lowest BCUT2D eigenvalue weighted by molar-refractivity contribution is 0.0282. The van der Waals surface area contributed by atoms with Crippen molar-refractivity contribution in [3.8, 4) is 0 Å². The number of para-hydroxylation sites is 1. The first-order chi connectivity index (χ1) is 9.72. The molecule has 106 valence electrons. The Bertz CT molecular complexity index is 605. The van der Waals surface area contributed by atoms with Gasteiger partial charge in [0.05, 0.1) is 12.1 Å². The summed E-state index contributed by atoms with van der Waals surface area (Å²) in [4.78, 5) is 4.71. The average molecular weight is 270 g/mol. The van der Waals surface area contributed by atoms with Crippen LogP contribution in [0.4, 0.5) is 5.82 Å². The predicted octanol–water partition coefficient (Wildman–Crippen LogP) is 3.77. The molecule has 1 aromatic heterocycles. The van der Waals surface area contributed by atoms with Crippen molar-refractivity contribution in [2.24, 2.45) is 5.41 Å². The molecule has 1 N–H and O–H groups in total. The first kappa shape index (κ1) is 13.4. The Labute approximate surface area is 120 Å². The number of rotatable bonds is 5. The molecule has 1 saturated carbocycles. The second kappa shape index (κ2) is 5.41. The highest BCUT2D eigenvalue weighted by atomic mass is 16.5. The molecular formula is C17H22N2O. The number of nitrogens with one attached hydrogen (secondary N) is 1. The van der Waals surface area contributed by atoms with Crippen molar-refractivity contribution < 1.29 is 4.74 Å². The van der Waals surface area contributed by atoms with Crippen molar-refractivity contribution in [3.05, 3.63) is 35.9 Å². The number of nitrogens with zero attached hydrogens (tertiary/aromatic N) is 1. The molecule has 0 atom stereocenters. The van der Waals surface area contributed by atoms with Crippen molar-refractivity contribution >= 4 is 16.7 Å². The number of hydrogen-bond donors (Lipinski definition) is 1. The third-order valence-corrected chi connectivity index (χ3v) is 4.43. The molecule has 0 amide bonds. The summed E-state index contributed by atoms with van der Waals surface area (Å²) in [6.07, 6.45) is 3.82. The number of pyridine rings is 1. The van der Waals surface area contributed by atoms with Crippen LogP contribution in [0.1, 0.15) is 24.8 Å². The molecule has 2 aromatic rings. The van der Waals surface area contributed by atoms with Gasteiger partial charge in [0.15, 0.2) is 0 Å². The van der Waals surface area contributed by atoms with Gasteiger partial charge in [-0.15, -0.1) is 0 Å². The van der Waals surface area contributed by atoms with E-state index in [1.807, 2.05) is 6.07 Å². The fourth-order valence-electron chi connectivity index (χ4n) is 3.07. The van der Waals surface area contributed by atoms with E-state index < -0.39 is 0 Å². The highest BCUT2D eigenvalue weighted by Crippen LogP contribution is 2.41. The van der Waals surface area contributed by atoms with Gasteiger partial charge in [0.2, 0.25) is 0 Å². The average Bonchev–Trinajstić information content (AvgIpc) is 2.42. The maximum Gasteiger partial charge on any atom is 0.126 e. The molecule has 3 rings (SSSR count). The molecule has 3 heteroatoms. The topological polar surface area (TPSA) is 34.1 Å². The van der Waals surface area contributed by atoms with E-state index in [2.05, 4.69) is 36.5 Å². The summed E-state index contributed by atoms with van der Waals surface area (Å²) in [6, 6.07) is 10.4. The molecule has 0 aliphatic heterocycles. The van der Waals surface area contributed by atoms with E-state index in [1.165, 1.54) is 30.2 Å². The standard InChI is InChI=1S/C17H22N2O/c1-13-10-16(19-15-7-4-3-6-14(13)15)18-11-17(12-20-2)8-5-9-17/h3-4,6-7,10H,5,8-9,11-12H2,1-2H3,(H,18,19). The van der Waals surface area contributed by atoms with Crippen molar-refractivity contribution in [2.75, 3.05) is 25.6 Å². The molecule has 3 nitrogen and oxygen atoms in total. The smallest absolute Gasteiger partial charge is 0.126 e. The molecular weight excluding hydrogens is 248 g/mol. The van der Waals surface area contributed by atoms with E-state index in [4.69, 9.17) is 9.72 Å². The van der Waals surface area contributed by atoms with Crippen molar-refractivity contribution in [1.82, 2.24) is 4.98 Å². The van der Waals surface area contributed by atoms with E-state index in [-0.39, 0.29) is 0 Å². The fraction of sp³-hybridized carbons (Fsp3) is 0.471. The molecule has 0 spiro atoms. The van der Waals surface area contributed by atoms with Crippen molar-refractivity contribution in [1.29, 1.82) is 0 Å². The molecule has 1 heterocycles. The lowest BCUT2D eigenvalue weighted by Crippen LogP contribution is -2.40. The van der Waals surface area contributed by atoms with Crippen LogP contribution in [0, 0.1) is 12.3 Å². The number of ether oxygens (including phenoxy) is 1. The lowest BCUT2D eigenvalue weighted by atomic mass is 9.69. The highest BCUT2D eigenvalue weighted by molar-refractivity contribution is 5.83. The summed E-state index contributed by atoms with van der Waals surface area (Å²) in [5.41, 5.74) is 2.65. The van der Waals surface area contributed by atoms with Gasteiger partial charge in [-0.2, -0.15) is 0 Å². The molecule has 0 bridgehead atoms. The number of hydrogen-bond acceptors (Lipinski definition) is 3. The van der Waals surface area contributed by atoms with Gasteiger partial charge < -0.3 is 10.1 Å². The summed E-state index contributed by atoms with van der Waals surface area (Å²) >= 11 is 0. The quantitative estimate of drug-likeness (QED) is 0.898. The zero-order valence-electron chi connectivity index (χ0n) is 12.3. The van der Waals surface area contributed by atoms with Crippen LogP contribution >= 0.6 is 0 Å². The van der Waals surface area contributed by atoms with Gasteiger partial charge in [0.25, 0.3) is 0 Å². The van der Waals surface area contributed by atoms with Gasteiger partial charge in [-0.3, -0.25) is 0 Å². The summed E-state index contributed by atoms with van der Waals surface area (Å²) in [7, 11) is 1.79. The minimum absolute atomic E-state index is 0.315. The molecule has 0 saturated heterocycles. The Morgan fingerprint density at radius 1 is 1.30 bits per heavy atom. The normalized spacial score (nSPS) is 16.9. The van der Waals surface area contributed by atoms with Gasteiger partial charge in [0, 0.05) is 24.5 Å². The number of methoxy groups -OCH3 is 1. The summed E-state index contributed by atoms with van der Waals surface area (Å²) in [5.74, 6) is 0.976. The van der Waals surface area contributed by atoms with E-state index in [9.17, 15) is 0 Å². The largest absolute Gasteiger partial charge is 0.384 e. The van der Waals surface area contributed by atoms with Crippen molar-refractivity contribution in [3.63, 3.8) is 0 Å². The molecule has 0 radical (unpaired) electrons. The Morgan fingerprint density at radius 2 is 2.10 bits per heavy atom. The van der Waals surface area contributed by atoms with Crippen molar-refractivity contribution in [2.45, 2.75) is 26.2 Å². The first-order valence-corrected chi connectivity index (χ1v) is 7.32. The zero-order chi connectivity index (χ0) is 14.0. The van der Waals surface area contributed by atoms with Crippen LogP contribution < -0.4 is 5.32 Å². The van der Waals surface area contributed by atoms with Crippen LogP contribution in [0.2, 0.25) is 0 Å². The van der Waals surface area contributed by atoms with Gasteiger partial charge in [-0.25, -0.2) is 4.98 Å². The predicted molar refractivity (Wildman–Crippen MR) is 83.1 cm³/mol. The molecule has 1 aromatic carbocycles. The number of aromatic nitrogens is 1. The summed E-state index contributed by atoms with van der Waals surface area (Å²) < 4.78 is 5.37. The second-order valence-electron chi connectivity index (χ2n) is 5.98. The Morgan fingerprint density at radius 3 is 2.80 bits per heavy atom. The molecule has 1 fully saturated rings. The van der Waals surface area contributed by atoms with Crippen LogP contribution in [0.25, 0.3) is 10.9 Å². The minimum Gasteiger partial charge on any atom is -0.384 e. The maximum absolute atomic E-state index is 5.37. The second-order valence-corrected chi connectivity index (χ2v) is 5.98. The Kier molecular flexibility index (Phi) is 3.62. The van der Waals surface area contributed by atoms with Crippen LogP contribution in [0.5, 0.6) is 0 Å². The van der Waals surface area contributed by atoms with Crippen LogP contribution in [-0.2, 0) is 4.74 Å². The summed E-state index contributed by atoms with van der Waals surface area (Å²) in [6.45, 7) is 3.93. The third kappa shape index (κ3) is 2.50. The molecule has 1 aliphatic carbocycles. The number of fused-ring (bicyclic) bond motifs is 1. The van der Waals surface area contributed by atoms with E-state index in [0.717, 1.165) is 24.5 Å². The lowest BCUT2D eigenvalue weighted by Gasteiger charge is -2.41. The molecule has 1 aliphatic rings. The van der Waals surface area contributed by atoms with Crippen LogP contribution in [0.3, 0.4) is 0 Å². The van der Waals surface area contributed by atoms with E-state index in [0.29, 0.717) is 5.41 Å². The first-order valence-electron chi connectivity index (χ1n) is 7.32. The van der Waals surface area contributed by atoms with Gasteiger partial charge in [0.1, 0.15) is 5.82 Å². The van der Waals surface area contributed by atoms with Gasteiger partial charge in [-0.1, -0.05) is 24.6 Å². The SMILES string of the molecule is COCC1(CNc2cc(C)c3ccccc3n2)CCC1. The van der Waals surface area contributed by atoms with E-state index >= 15 is 0 Å². The van der Waals surface area contributed by atoms with Gasteiger partial charge >= 0.3 is 0 Å². The zero-order valence-corrected chi connectivity index (χ0v) is 12.3. The van der Waals surface area contributed by atoms with Crippen LogP contribution in [0.15, 0.2) is 30.3 Å². The Hall–Kier alpha value is -1.61. The van der Waals surface area contributed by atoms with Crippen LogP contribution in [-0.4, -0.2) is 25.2 Å². The number of anilines is 1. The molecule has 20 heavy (non-hydrogen) atoms. The highest BCUT2D eigenvalue weighted by Gasteiger charge is 2.36.